The van der Waals surface area contributed by atoms with E-state index in [0.29, 0.717) is 12.0 Å². The molecule has 0 heterocycles. The van der Waals surface area contributed by atoms with E-state index < -0.39 is 0 Å². The zero-order chi connectivity index (χ0) is 12.4. The van der Waals surface area contributed by atoms with Crippen LogP contribution in [0.2, 0.25) is 0 Å². The Balaban J connectivity index is 1.71. The van der Waals surface area contributed by atoms with Gasteiger partial charge in [-0.05, 0) is 67.8 Å². The molecule has 3 rings (SSSR count). The van der Waals surface area contributed by atoms with E-state index in [9.17, 15) is 0 Å². The largest absolute Gasteiger partial charge is 0.382 e. The van der Waals surface area contributed by atoms with Crippen LogP contribution in [0.3, 0.4) is 0 Å². The molecule has 2 aliphatic carbocycles. The summed E-state index contributed by atoms with van der Waals surface area (Å²) in [5.41, 5.74) is 10.3. The van der Waals surface area contributed by atoms with Crippen LogP contribution in [-0.4, -0.2) is 12.6 Å². The van der Waals surface area contributed by atoms with Crippen LogP contribution in [-0.2, 0) is 12.8 Å². The van der Waals surface area contributed by atoms with Gasteiger partial charge in [0.2, 0.25) is 0 Å². The van der Waals surface area contributed by atoms with Crippen LogP contribution in [0, 0.1) is 5.92 Å². The molecule has 2 aliphatic rings. The van der Waals surface area contributed by atoms with Crippen molar-refractivity contribution in [2.45, 2.75) is 51.0 Å². The van der Waals surface area contributed by atoms with E-state index in [-0.39, 0.29) is 0 Å². The van der Waals surface area contributed by atoms with Gasteiger partial charge in [-0.3, -0.25) is 0 Å². The number of hydrogen-bond acceptors (Lipinski definition) is 2. The number of nitrogens with two attached hydrogens (primary N) is 1. The van der Waals surface area contributed by atoms with Crippen LogP contribution in [0.1, 0.15) is 43.2 Å². The lowest BCUT2D eigenvalue weighted by Gasteiger charge is -2.32. The van der Waals surface area contributed by atoms with Gasteiger partial charge in [-0.25, -0.2) is 0 Å². The Morgan fingerprint density at radius 3 is 2.78 bits per heavy atom. The molecule has 1 fully saturated rings. The van der Waals surface area contributed by atoms with Gasteiger partial charge in [0.1, 0.15) is 0 Å². The molecule has 2 nitrogen and oxygen atoms in total. The number of anilines is 1. The average molecular weight is 244 g/mol. The van der Waals surface area contributed by atoms with Gasteiger partial charge in [0.25, 0.3) is 0 Å². The zero-order valence-electron chi connectivity index (χ0n) is 11.1. The van der Waals surface area contributed by atoms with Gasteiger partial charge >= 0.3 is 0 Å². The standard InChI is InChI=1S/C16H24N2/c17-11-14-4-1-2-7-16(14)18-15-9-8-12-5-3-6-13(12)10-15/h8-10,14,16,18H,1-7,11,17H2. The summed E-state index contributed by atoms with van der Waals surface area (Å²) in [6.07, 6.45) is 9.12. The smallest absolute Gasteiger partial charge is 0.0345 e. The maximum atomic E-state index is 5.90. The number of rotatable bonds is 3. The molecule has 1 aromatic rings. The Kier molecular flexibility index (Phi) is 3.55. The average Bonchev–Trinajstić information content (AvgIpc) is 2.87. The van der Waals surface area contributed by atoms with E-state index in [1.807, 2.05) is 0 Å². The van der Waals surface area contributed by atoms with Crippen molar-refractivity contribution in [2.24, 2.45) is 11.7 Å². The number of hydrogen-bond donors (Lipinski definition) is 2. The summed E-state index contributed by atoms with van der Waals surface area (Å²) in [7, 11) is 0. The Labute approximate surface area is 110 Å². The molecule has 18 heavy (non-hydrogen) atoms. The molecular formula is C16H24N2. The molecule has 0 bridgehead atoms. The van der Waals surface area contributed by atoms with Gasteiger partial charge < -0.3 is 11.1 Å². The molecule has 2 atom stereocenters. The molecule has 0 amide bonds. The number of benzene rings is 1. The highest BCUT2D eigenvalue weighted by Gasteiger charge is 2.24. The first-order chi connectivity index (χ1) is 8.86. The Hall–Kier alpha value is -1.02. The number of aryl methyl sites for hydroxylation is 2. The predicted octanol–water partition coefficient (Wildman–Crippen LogP) is 3.10. The zero-order valence-corrected chi connectivity index (χ0v) is 11.1. The Morgan fingerprint density at radius 2 is 1.89 bits per heavy atom. The summed E-state index contributed by atoms with van der Waals surface area (Å²) in [4.78, 5) is 0. The van der Waals surface area contributed by atoms with Crippen molar-refractivity contribution in [1.82, 2.24) is 0 Å². The van der Waals surface area contributed by atoms with Crippen molar-refractivity contribution in [3.63, 3.8) is 0 Å². The summed E-state index contributed by atoms with van der Waals surface area (Å²) in [6, 6.07) is 7.52. The van der Waals surface area contributed by atoms with Crippen LogP contribution >= 0.6 is 0 Å². The first-order valence-corrected chi connectivity index (χ1v) is 7.45. The van der Waals surface area contributed by atoms with Crippen molar-refractivity contribution in [3.05, 3.63) is 29.3 Å². The summed E-state index contributed by atoms with van der Waals surface area (Å²) in [5.74, 6) is 0.659. The molecular weight excluding hydrogens is 220 g/mol. The molecule has 1 aromatic carbocycles. The monoisotopic (exact) mass is 244 g/mol. The Morgan fingerprint density at radius 1 is 1.06 bits per heavy atom. The molecule has 0 saturated heterocycles. The summed E-state index contributed by atoms with van der Waals surface area (Å²) < 4.78 is 0. The maximum absolute atomic E-state index is 5.90. The van der Waals surface area contributed by atoms with Gasteiger partial charge in [0.15, 0.2) is 0 Å². The van der Waals surface area contributed by atoms with Gasteiger partial charge in [-0.1, -0.05) is 18.9 Å². The summed E-state index contributed by atoms with van der Waals surface area (Å²) >= 11 is 0. The van der Waals surface area contributed by atoms with E-state index in [1.165, 1.54) is 50.6 Å². The van der Waals surface area contributed by atoms with Crippen molar-refractivity contribution < 1.29 is 0 Å². The highest BCUT2D eigenvalue weighted by Crippen LogP contribution is 2.29. The number of fused-ring (bicyclic) bond motifs is 1. The van der Waals surface area contributed by atoms with Crippen LogP contribution < -0.4 is 11.1 Å². The van der Waals surface area contributed by atoms with Crippen LogP contribution in [0.4, 0.5) is 5.69 Å². The lowest BCUT2D eigenvalue weighted by Crippen LogP contribution is -2.36. The van der Waals surface area contributed by atoms with E-state index in [1.54, 1.807) is 11.1 Å². The van der Waals surface area contributed by atoms with E-state index in [4.69, 9.17) is 5.73 Å². The highest BCUT2D eigenvalue weighted by atomic mass is 14.9. The number of nitrogens with one attached hydrogen (secondary N) is 1. The van der Waals surface area contributed by atoms with Crippen LogP contribution in [0.25, 0.3) is 0 Å². The van der Waals surface area contributed by atoms with Gasteiger partial charge in [-0.2, -0.15) is 0 Å². The molecule has 0 radical (unpaired) electrons. The molecule has 2 unspecified atom stereocenters. The lowest BCUT2D eigenvalue weighted by atomic mass is 9.84. The second-order valence-corrected chi connectivity index (χ2v) is 5.87. The van der Waals surface area contributed by atoms with Crippen molar-refractivity contribution in [1.29, 1.82) is 0 Å². The van der Waals surface area contributed by atoms with Crippen LogP contribution in [0.5, 0.6) is 0 Å². The molecule has 0 aromatic heterocycles. The van der Waals surface area contributed by atoms with E-state index in [2.05, 4.69) is 23.5 Å². The first-order valence-electron chi connectivity index (χ1n) is 7.45. The molecule has 0 spiro atoms. The molecule has 1 saturated carbocycles. The highest BCUT2D eigenvalue weighted by molar-refractivity contribution is 5.50. The third kappa shape index (κ3) is 2.39. The minimum Gasteiger partial charge on any atom is -0.382 e. The minimum absolute atomic E-state index is 0.586. The molecule has 2 heteroatoms. The third-order valence-electron chi connectivity index (χ3n) is 4.66. The van der Waals surface area contributed by atoms with Crippen molar-refractivity contribution in [3.8, 4) is 0 Å². The van der Waals surface area contributed by atoms with E-state index >= 15 is 0 Å². The first kappa shape index (κ1) is 12.0. The van der Waals surface area contributed by atoms with Crippen molar-refractivity contribution >= 4 is 5.69 Å². The van der Waals surface area contributed by atoms with Crippen molar-refractivity contribution in [2.75, 3.05) is 11.9 Å². The van der Waals surface area contributed by atoms with Crippen LogP contribution in [0.15, 0.2) is 18.2 Å². The fraction of sp³-hybridized carbons (Fsp3) is 0.625. The third-order valence-corrected chi connectivity index (χ3v) is 4.66. The fourth-order valence-corrected chi connectivity index (χ4v) is 3.56. The molecule has 0 aliphatic heterocycles. The van der Waals surface area contributed by atoms with Gasteiger partial charge in [0.05, 0.1) is 0 Å². The van der Waals surface area contributed by atoms with E-state index in [0.717, 1.165) is 6.54 Å². The minimum atomic E-state index is 0.586. The topological polar surface area (TPSA) is 38.0 Å². The summed E-state index contributed by atoms with van der Waals surface area (Å²) in [5, 5.41) is 3.73. The molecule has 3 N–H and O–H groups in total. The second-order valence-electron chi connectivity index (χ2n) is 5.87. The normalized spacial score (nSPS) is 26.9. The Bertz CT molecular complexity index is 414. The van der Waals surface area contributed by atoms with Gasteiger partial charge in [0, 0.05) is 11.7 Å². The SMILES string of the molecule is NCC1CCCCC1Nc1ccc2c(c1)CCC2. The summed E-state index contributed by atoms with van der Waals surface area (Å²) in [6.45, 7) is 0.822. The maximum Gasteiger partial charge on any atom is 0.0345 e. The van der Waals surface area contributed by atoms with Gasteiger partial charge in [-0.15, -0.1) is 0 Å². The second kappa shape index (κ2) is 5.31. The predicted molar refractivity (Wildman–Crippen MR) is 76.9 cm³/mol. The quantitative estimate of drug-likeness (QED) is 0.857. The molecule has 98 valence electrons. The fourth-order valence-electron chi connectivity index (χ4n) is 3.56. The lowest BCUT2D eigenvalue weighted by molar-refractivity contribution is 0.332.